The van der Waals surface area contributed by atoms with E-state index in [-0.39, 0.29) is 18.2 Å². The Bertz CT molecular complexity index is 1010. The van der Waals surface area contributed by atoms with Gasteiger partial charge in [0.1, 0.15) is 18.1 Å². The lowest BCUT2D eigenvalue weighted by Gasteiger charge is -2.24. The van der Waals surface area contributed by atoms with Crippen molar-refractivity contribution in [3.8, 4) is 11.6 Å². The molecular weight excluding hydrogens is 404 g/mol. The van der Waals surface area contributed by atoms with Crippen molar-refractivity contribution in [2.24, 2.45) is 5.73 Å². The molecule has 1 aromatic carbocycles. The molecule has 11 heteroatoms. The molecule has 0 spiro atoms. The average molecular weight is 426 g/mol. The highest BCUT2D eigenvalue weighted by Crippen LogP contribution is 2.39. The highest BCUT2D eigenvalue weighted by Gasteiger charge is 2.38. The molecule has 3 N–H and O–H groups in total. The van der Waals surface area contributed by atoms with Gasteiger partial charge in [0.25, 0.3) is 0 Å². The highest BCUT2D eigenvalue weighted by atomic mass is 16.6. The SMILES string of the molecule is C=CCc1ccccc1Oc1ncnc(N2CCCC2C(=O)NCC(N)=O)c1[N+](=O)[O-]. The maximum Gasteiger partial charge on any atom is 0.373 e. The second-order valence-electron chi connectivity index (χ2n) is 6.85. The van der Waals surface area contributed by atoms with E-state index in [1.165, 1.54) is 4.90 Å². The average Bonchev–Trinajstić information content (AvgIpc) is 3.23. The van der Waals surface area contributed by atoms with Gasteiger partial charge in [0, 0.05) is 6.54 Å². The van der Waals surface area contributed by atoms with Gasteiger partial charge in [-0.2, -0.15) is 4.98 Å². The van der Waals surface area contributed by atoms with Crippen molar-refractivity contribution < 1.29 is 19.2 Å². The van der Waals surface area contributed by atoms with Crippen molar-refractivity contribution in [3.63, 3.8) is 0 Å². The third kappa shape index (κ3) is 4.94. The summed E-state index contributed by atoms with van der Waals surface area (Å²) < 4.78 is 5.80. The van der Waals surface area contributed by atoms with Crippen LogP contribution in [0.3, 0.4) is 0 Å². The number of ether oxygens (including phenoxy) is 1. The Balaban J connectivity index is 1.95. The molecule has 162 valence electrons. The summed E-state index contributed by atoms with van der Waals surface area (Å²) in [4.78, 5) is 44.3. The first-order valence-electron chi connectivity index (χ1n) is 9.61. The summed E-state index contributed by atoms with van der Waals surface area (Å²) in [6.45, 7) is 3.76. The van der Waals surface area contributed by atoms with Crippen LogP contribution in [0.1, 0.15) is 18.4 Å². The van der Waals surface area contributed by atoms with E-state index >= 15 is 0 Å². The van der Waals surface area contributed by atoms with Crippen molar-refractivity contribution in [2.75, 3.05) is 18.0 Å². The molecule has 11 nitrogen and oxygen atoms in total. The van der Waals surface area contributed by atoms with Gasteiger partial charge in [0.15, 0.2) is 0 Å². The maximum atomic E-state index is 12.5. The number of hydrogen-bond acceptors (Lipinski definition) is 8. The number of nitrogens with zero attached hydrogens (tertiary/aromatic N) is 4. The number of nitrogens with one attached hydrogen (secondary N) is 1. The van der Waals surface area contributed by atoms with Gasteiger partial charge in [-0.1, -0.05) is 24.3 Å². The van der Waals surface area contributed by atoms with Gasteiger partial charge >= 0.3 is 11.6 Å². The third-order valence-corrected chi connectivity index (χ3v) is 4.76. The molecule has 0 radical (unpaired) electrons. The molecular formula is C20H22N6O5. The third-order valence-electron chi connectivity index (χ3n) is 4.76. The summed E-state index contributed by atoms with van der Waals surface area (Å²) in [5, 5.41) is 14.4. The number of carbonyl (C=O) groups excluding carboxylic acids is 2. The van der Waals surface area contributed by atoms with Gasteiger partial charge in [0.2, 0.25) is 17.6 Å². The molecule has 0 bridgehead atoms. The predicted molar refractivity (Wildman–Crippen MR) is 112 cm³/mol. The van der Waals surface area contributed by atoms with Crippen molar-refractivity contribution >= 4 is 23.3 Å². The molecule has 0 saturated carbocycles. The molecule has 2 aromatic rings. The zero-order valence-corrected chi connectivity index (χ0v) is 16.7. The molecule has 1 saturated heterocycles. The fourth-order valence-corrected chi connectivity index (χ4v) is 3.42. The minimum atomic E-state index is -0.728. The molecule has 2 amide bonds. The molecule has 1 aromatic heterocycles. The van der Waals surface area contributed by atoms with Crippen molar-refractivity contribution in [1.29, 1.82) is 0 Å². The number of aromatic nitrogens is 2. The van der Waals surface area contributed by atoms with Crippen molar-refractivity contribution in [1.82, 2.24) is 15.3 Å². The fraction of sp³-hybridized carbons (Fsp3) is 0.300. The predicted octanol–water partition coefficient (Wildman–Crippen LogP) is 1.48. The zero-order valence-electron chi connectivity index (χ0n) is 16.7. The smallest absolute Gasteiger partial charge is 0.373 e. The van der Waals surface area contributed by atoms with Gasteiger partial charge in [-0.3, -0.25) is 19.7 Å². The number of nitro groups is 1. The van der Waals surface area contributed by atoms with Crippen LogP contribution in [0.4, 0.5) is 11.5 Å². The molecule has 1 unspecified atom stereocenters. The van der Waals surface area contributed by atoms with Crippen LogP contribution < -0.4 is 20.7 Å². The van der Waals surface area contributed by atoms with E-state index in [1.54, 1.807) is 18.2 Å². The number of nitrogens with two attached hydrogens (primary N) is 1. The first-order valence-corrected chi connectivity index (χ1v) is 9.61. The lowest BCUT2D eigenvalue weighted by Crippen LogP contribution is -2.46. The molecule has 3 rings (SSSR count). The Labute approximate surface area is 178 Å². The summed E-state index contributed by atoms with van der Waals surface area (Å²) >= 11 is 0. The summed E-state index contributed by atoms with van der Waals surface area (Å²) in [5.41, 5.74) is 5.43. The number of anilines is 1. The molecule has 1 aliphatic heterocycles. The minimum absolute atomic E-state index is 0.0204. The quantitative estimate of drug-likeness (QED) is 0.347. The van der Waals surface area contributed by atoms with Crippen LogP contribution in [-0.4, -0.2) is 45.8 Å². The Morgan fingerprint density at radius 1 is 1.39 bits per heavy atom. The number of carbonyl (C=O) groups is 2. The van der Waals surface area contributed by atoms with Gasteiger partial charge in [0.05, 0.1) is 11.5 Å². The van der Waals surface area contributed by atoms with E-state index in [1.807, 2.05) is 12.1 Å². The maximum absolute atomic E-state index is 12.5. The minimum Gasteiger partial charge on any atom is -0.433 e. The monoisotopic (exact) mass is 426 g/mol. The van der Waals surface area contributed by atoms with Crippen LogP contribution in [0, 0.1) is 10.1 Å². The van der Waals surface area contributed by atoms with Gasteiger partial charge in [-0.15, -0.1) is 6.58 Å². The first-order chi connectivity index (χ1) is 14.9. The second-order valence-corrected chi connectivity index (χ2v) is 6.85. The molecule has 2 heterocycles. The van der Waals surface area contributed by atoms with Crippen LogP contribution in [0.25, 0.3) is 0 Å². The van der Waals surface area contributed by atoms with Gasteiger partial charge < -0.3 is 20.7 Å². The summed E-state index contributed by atoms with van der Waals surface area (Å²) in [6, 6.07) is 6.35. The largest absolute Gasteiger partial charge is 0.433 e. The van der Waals surface area contributed by atoms with Crippen LogP contribution in [-0.2, 0) is 16.0 Å². The van der Waals surface area contributed by atoms with Crippen molar-refractivity contribution in [3.05, 3.63) is 58.9 Å². The number of hydrogen-bond donors (Lipinski definition) is 2. The number of amides is 2. The van der Waals surface area contributed by atoms with Crippen LogP contribution >= 0.6 is 0 Å². The Kier molecular flexibility index (Phi) is 6.75. The molecule has 1 atom stereocenters. The molecule has 1 fully saturated rings. The Hall–Kier alpha value is -4.02. The van der Waals surface area contributed by atoms with E-state index in [4.69, 9.17) is 10.5 Å². The first kappa shape index (κ1) is 21.7. The summed E-state index contributed by atoms with van der Waals surface area (Å²) in [5.74, 6) is -0.974. The van der Waals surface area contributed by atoms with E-state index in [2.05, 4.69) is 21.9 Å². The fourth-order valence-electron chi connectivity index (χ4n) is 3.42. The van der Waals surface area contributed by atoms with Crippen LogP contribution in [0.5, 0.6) is 11.6 Å². The van der Waals surface area contributed by atoms with E-state index in [0.717, 1.165) is 11.9 Å². The van der Waals surface area contributed by atoms with Crippen LogP contribution in [0.2, 0.25) is 0 Å². The number of rotatable bonds is 9. The normalized spacial score (nSPS) is 15.4. The molecule has 31 heavy (non-hydrogen) atoms. The van der Waals surface area contributed by atoms with Gasteiger partial charge in [-0.05, 0) is 30.9 Å². The lowest BCUT2D eigenvalue weighted by atomic mass is 10.1. The Morgan fingerprint density at radius 2 is 2.16 bits per heavy atom. The van der Waals surface area contributed by atoms with E-state index in [9.17, 15) is 19.7 Å². The molecule has 1 aliphatic rings. The Morgan fingerprint density at radius 3 is 2.87 bits per heavy atom. The zero-order chi connectivity index (χ0) is 22.4. The highest BCUT2D eigenvalue weighted by molar-refractivity contribution is 5.89. The second kappa shape index (κ2) is 9.65. The lowest BCUT2D eigenvalue weighted by molar-refractivity contribution is -0.385. The number of para-hydroxylation sites is 1. The number of primary amides is 1. The van der Waals surface area contributed by atoms with Crippen molar-refractivity contribution in [2.45, 2.75) is 25.3 Å². The topological polar surface area (TPSA) is 154 Å². The van der Waals surface area contributed by atoms with Gasteiger partial charge in [-0.25, -0.2) is 4.98 Å². The summed E-state index contributed by atoms with van der Waals surface area (Å²) in [6.07, 6.45) is 4.43. The standard InChI is InChI=1S/C20H22N6O5/c1-2-6-13-7-3-4-9-15(13)31-20-17(26(29)30)18(23-12-24-20)25-10-5-8-14(25)19(28)22-11-16(21)27/h2-4,7,9,12,14H,1,5-6,8,10-11H2,(H2,21,27)(H,22,28). The summed E-state index contributed by atoms with van der Waals surface area (Å²) in [7, 11) is 0. The van der Waals surface area contributed by atoms with E-state index in [0.29, 0.717) is 31.6 Å². The van der Waals surface area contributed by atoms with E-state index < -0.39 is 28.5 Å². The number of benzene rings is 1. The molecule has 0 aliphatic carbocycles. The number of allylic oxidation sites excluding steroid dienone is 1. The van der Waals surface area contributed by atoms with Crippen LogP contribution in [0.15, 0.2) is 43.2 Å².